The third-order valence-corrected chi connectivity index (χ3v) is 4.06. The van der Waals surface area contributed by atoms with Crippen LogP contribution in [0.5, 0.6) is 0 Å². The Morgan fingerprint density at radius 1 is 1.00 bits per heavy atom. The minimum absolute atomic E-state index is 0.207. The first-order valence-electron chi connectivity index (χ1n) is 7.21. The van der Waals surface area contributed by atoms with Crippen LogP contribution in [0.4, 0.5) is 0 Å². The van der Waals surface area contributed by atoms with Crippen molar-refractivity contribution in [3.63, 3.8) is 0 Å². The molecule has 2 aromatic rings. The molecule has 0 heterocycles. The van der Waals surface area contributed by atoms with Crippen LogP contribution in [0, 0.1) is 0 Å². The Hall–Kier alpha value is -1.64. The molecule has 0 radical (unpaired) electrons. The van der Waals surface area contributed by atoms with E-state index in [2.05, 4.69) is 24.3 Å². The van der Waals surface area contributed by atoms with Crippen LogP contribution in [0.2, 0.25) is 0 Å². The van der Waals surface area contributed by atoms with E-state index in [4.69, 9.17) is 4.74 Å². The van der Waals surface area contributed by atoms with Gasteiger partial charge in [-0.3, -0.25) is 0 Å². The minimum atomic E-state index is -0.699. The number of rotatable bonds is 4. The summed E-state index contributed by atoms with van der Waals surface area (Å²) in [6.07, 6.45) is 1.61. The van der Waals surface area contributed by atoms with Gasteiger partial charge >= 0.3 is 0 Å². The van der Waals surface area contributed by atoms with Crippen molar-refractivity contribution in [1.29, 1.82) is 0 Å². The van der Waals surface area contributed by atoms with Crippen molar-refractivity contribution < 1.29 is 9.84 Å². The predicted molar refractivity (Wildman–Crippen MR) is 80.4 cm³/mol. The Morgan fingerprint density at radius 2 is 1.60 bits per heavy atom. The Bertz CT molecular complexity index is 554. The van der Waals surface area contributed by atoms with Crippen LogP contribution in [0.15, 0.2) is 54.6 Å². The highest BCUT2D eigenvalue weighted by Gasteiger charge is 2.44. The van der Waals surface area contributed by atoms with Gasteiger partial charge in [0.25, 0.3) is 0 Å². The van der Waals surface area contributed by atoms with Crippen LogP contribution in [-0.4, -0.2) is 17.8 Å². The molecule has 0 spiro atoms. The fourth-order valence-electron chi connectivity index (χ4n) is 2.89. The van der Waals surface area contributed by atoms with Crippen LogP contribution in [0.3, 0.4) is 0 Å². The van der Waals surface area contributed by atoms with Gasteiger partial charge in [-0.1, -0.05) is 54.6 Å². The number of hydrogen-bond donors (Lipinski definition) is 1. The number of benzene rings is 2. The lowest BCUT2D eigenvalue weighted by atomic mass is 9.72. The quantitative estimate of drug-likeness (QED) is 0.915. The van der Waals surface area contributed by atoms with Crippen molar-refractivity contribution in [2.24, 2.45) is 0 Å². The number of hydrogen-bond acceptors (Lipinski definition) is 2. The summed E-state index contributed by atoms with van der Waals surface area (Å²) in [6, 6.07) is 18.5. The van der Waals surface area contributed by atoms with Crippen LogP contribution in [0.25, 0.3) is 11.1 Å². The summed E-state index contributed by atoms with van der Waals surface area (Å²) >= 11 is 0. The lowest BCUT2D eigenvalue weighted by Crippen LogP contribution is -2.45. The summed E-state index contributed by atoms with van der Waals surface area (Å²) in [5.74, 6) is 0. The Labute approximate surface area is 120 Å². The average Bonchev–Trinajstić information content (AvgIpc) is 2.47. The molecular formula is C18H20O2. The SMILES string of the molecule is CCOC1CC(O)(c2ccc(-c3ccccc3)cc2)C1. The van der Waals surface area contributed by atoms with E-state index in [1.54, 1.807) is 0 Å². The average molecular weight is 268 g/mol. The summed E-state index contributed by atoms with van der Waals surface area (Å²) in [4.78, 5) is 0. The molecule has 1 N–H and O–H groups in total. The molecule has 1 saturated carbocycles. The van der Waals surface area contributed by atoms with Crippen molar-refractivity contribution in [2.45, 2.75) is 31.5 Å². The van der Waals surface area contributed by atoms with E-state index >= 15 is 0 Å². The molecule has 0 bridgehead atoms. The topological polar surface area (TPSA) is 29.5 Å². The zero-order valence-corrected chi connectivity index (χ0v) is 11.8. The zero-order chi connectivity index (χ0) is 14.0. The zero-order valence-electron chi connectivity index (χ0n) is 11.8. The van der Waals surface area contributed by atoms with Crippen LogP contribution < -0.4 is 0 Å². The van der Waals surface area contributed by atoms with Gasteiger partial charge < -0.3 is 9.84 Å². The molecule has 2 nitrogen and oxygen atoms in total. The molecule has 0 saturated heterocycles. The van der Waals surface area contributed by atoms with E-state index in [-0.39, 0.29) is 6.10 Å². The predicted octanol–water partition coefficient (Wildman–Crippen LogP) is 3.74. The summed E-state index contributed by atoms with van der Waals surface area (Å²) < 4.78 is 5.53. The van der Waals surface area contributed by atoms with Gasteiger partial charge in [0.1, 0.15) is 0 Å². The van der Waals surface area contributed by atoms with Gasteiger partial charge in [0, 0.05) is 19.4 Å². The molecule has 1 aliphatic carbocycles. The summed E-state index contributed by atoms with van der Waals surface area (Å²) in [5, 5.41) is 10.6. The van der Waals surface area contributed by atoms with Crippen LogP contribution >= 0.6 is 0 Å². The van der Waals surface area contributed by atoms with Gasteiger partial charge in [-0.15, -0.1) is 0 Å². The van der Waals surface area contributed by atoms with Gasteiger partial charge in [0.05, 0.1) is 11.7 Å². The number of aliphatic hydroxyl groups is 1. The summed E-state index contributed by atoms with van der Waals surface area (Å²) in [5.41, 5.74) is 2.67. The van der Waals surface area contributed by atoms with Gasteiger partial charge in [-0.25, -0.2) is 0 Å². The maximum atomic E-state index is 10.6. The Balaban J connectivity index is 1.74. The van der Waals surface area contributed by atoms with Gasteiger partial charge in [-0.05, 0) is 23.6 Å². The van der Waals surface area contributed by atoms with Gasteiger partial charge in [-0.2, -0.15) is 0 Å². The number of ether oxygens (including phenoxy) is 1. The highest BCUT2D eigenvalue weighted by atomic mass is 16.5. The van der Waals surface area contributed by atoms with Crippen molar-refractivity contribution >= 4 is 0 Å². The fraction of sp³-hybridized carbons (Fsp3) is 0.333. The first-order valence-corrected chi connectivity index (χ1v) is 7.21. The summed E-state index contributed by atoms with van der Waals surface area (Å²) in [7, 11) is 0. The third kappa shape index (κ3) is 2.49. The van der Waals surface area contributed by atoms with Crippen LogP contribution in [-0.2, 0) is 10.3 Å². The molecule has 104 valence electrons. The first-order chi connectivity index (χ1) is 9.71. The molecule has 20 heavy (non-hydrogen) atoms. The molecule has 0 aliphatic heterocycles. The molecular weight excluding hydrogens is 248 g/mol. The Morgan fingerprint density at radius 3 is 2.20 bits per heavy atom. The van der Waals surface area contributed by atoms with Crippen molar-refractivity contribution in [3.8, 4) is 11.1 Å². The monoisotopic (exact) mass is 268 g/mol. The molecule has 0 amide bonds. The molecule has 0 atom stereocenters. The molecule has 1 fully saturated rings. The fourth-order valence-corrected chi connectivity index (χ4v) is 2.89. The lowest BCUT2D eigenvalue weighted by molar-refractivity contribution is -0.142. The van der Waals surface area contributed by atoms with Gasteiger partial charge in [0.15, 0.2) is 0 Å². The molecule has 2 heteroatoms. The van der Waals surface area contributed by atoms with Crippen molar-refractivity contribution in [2.75, 3.05) is 6.61 Å². The minimum Gasteiger partial charge on any atom is -0.385 e. The van der Waals surface area contributed by atoms with Gasteiger partial charge in [0.2, 0.25) is 0 Å². The highest BCUT2D eigenvalue weighted by molar-refractivity contribution is 5.63. The first kappa shape index (κ1) is 13.3. The molecule has 3 rings (SSSR count). The van der Waals surface area contributed by atoms with E-state index in [0.29, 0.717) is 19.4 Å². The summed E-state index contributed by atoms with van der Waals surface area (Å²) in [6.45, 7) is 2.71. The van der Waals surface area contributed by atoms with Crippen molar-refractivity contribution in [1.82, 2.24) is 0 Å². The maximum Gasteiger partial charge on any atom is 0.0946 e. The standard InChI is InChI=1S/C18H20O2/c1-2-20-17-12-18(19,13-17)16-10-8-15(9-11-16)14-6-4-3-5-7-14/h3-11,17,19H,2,12-13H2,1H3. The molecule has 2 aromatic carbocycles. The molecule has 0 aromatic heterocycles. The largest absolute Gasteiger partial charge is 0.385 e. The second-order valence-electron chi connectivity index (χ2n) is 5.46. The second-order valence-corrected chi connectivity index (χ2v) is 5.46. The third-order valence-electron chi connectivity index (χ3n) is 4.06. The molecule has 1 aliphatic rings. The normalized spacial score (nSPS) is 25.2. The van der Waals surface area contributed by atoms with E-state index in [1.165, 1.54) is 11.1 Å². The highest BCUT2D eigenvalue weighted by Crippen LogP contribution is 2.43. The maximum absolute atomic E-state index is 10.6. The second kappa shape index (κ2) is 5.39. The van der Waals surface area contributed by atoms with E-state index in [1.807, 2.05) is 37.3 Å². The smallest absolute Gasteiger partial charge is 0.0946 e. The lowest BCUT2D eigenvalue weighted by Gasteiger charge is -2.43. The van der Waals surface area contributed by atoms with E-state index in [9.17, 15) is 5.11 Å². The van der Waals surface area contributed by atoms with Crippen LogP contribution in [0.1, 0.15) is 25.3 Å². The van der Waals surface area contributed by atoms with E-state index in [0.717, 1.165) is 5.56 Å². The van der Waals surface area contributed by atoms with E-state index < -0.39 is 5.60 Å². The van der Waals surface area contributed by atoms with Crippen molar-refractivity contribution in [3.05, 3.63) is 60.2 Å². The molecule has 0 unspecified atom stereocenters. The Kier molecular flexibility index (Phi) is 3.60.